The number of nitrogens with zero attached hydrogens (tertiary/aromatic N) is 2. The first-order valence-electron chi connectivity index (χ1n) is 7.49. The van der Waals surface area contributed by atoms with Crippen LogP contribution in [0.15, 0.2) is 57.2 Å². The summed E-state index contributed by atoms with van der Waals surface area (Å²) < 4.78 is 6.34. The molecule has 3 rings (SSSR count). The summed E-state index contributed by atoms with van der Waals surface area (Å²) in [7, 11) is 0. The SMILES string of the molecule is CC(=O)NCn1cc(-c2ccc(-c3[nH]ccc3/C=N/O)cc2)c(=O)o1. The van der Waals surface area contributed by atoms with Crippen LogP contribution in [0.4, 0.5) is 0 Å². The molecule has 0 saturated heterocycles. The molecule has 3 aromatic rings. The first-order chi connectivity index (χ1) is 12.1. The molecule has 0 fully saturated rings. The minimum absolute atomic E-state index is 0.0922. The van der Waals surface area contributed by atoms with E-state index in [0.29, 0.717) is 11.1 Å². The van der Waals surface area contributed by atoms with Gasteiger partial charge in [0.05, 0.1) is 23.7 Å². The molecule has 25 heavy (non-hydrogen) atoms. The van der Waals surface area contributed by atoms with Gasteiger partial charge in [-0.15, -0.1) is 0 Å². The van der Waals surface area contributed by atoms with E-state index >= 15 is 0 Å². The van der Waals surface area contributed by atoms with E-state index in [9.17, 15) is 9.59 Å². The minimum Gasteiger partial charge on any atom is -0.411 e. The Hall–Kier alpha value is -3.55. The number of oxime groups is 1. The summed E-state index contributed by atoms with van der Waals surface area (Å²) in [5.41, 5.74) is 3.05. The van der Waals surface area contributed by atoms with Crippen LogP contribution in [0.5, 0.6) is 0 Å². The maximum Gasteiger partial charge on any atom is 0.365 e. The largest absolute Gasteiger partial charge is 0.411 e. The third-order valence-corrected chi connectivity index (χ3v) is 3.64. The quantitative estimate of drug-likeness (QED) is 0.374. The molecule has 8 nitrogen and oxygen atoms in total. The first-order valence-corrected chi connectivity index (χ1v) is 7.49. The van der Waals surface area contributed by atoms with Crippen molar-refractivity contribution in [3.8, 4) is 22.4 Å². The predicted octanol–water partition coefficient (Wildman–Crippen LogP) is 2.01. The summed E-state index contributed by atoms with van der Waals surface area (Å²) in [6, 6.07) is 9.08. The van der Waals surface area contributed by atoms with Crippen molar-refractivity contribution in [2.75, 3.05) is 0 Å². The fourth-order valence-corrected chi connectivity index (χ4v) is 2.46. The van der Waals surface area contributed by atoms with Crippen molar-refractivity contribution >= 4 is 12.1 Å². The summed E-state index contributed by atoms with van der Waals surface area (Å²) in [6.07, 6.45) is 4.64. The van der Waals surface area contributed by atoms with Gasteiger partial charge >= 0.3 is 5.63 Å². The number of rotatable bonds is 5. The number of aromatic amines is 1. The number of hydrogen-bond acceptors (Lipinski definition) is 5. The Bertz CT molecular complexity index is 963. The van der Waals surface area contributed by atoms with Crippen LogP contribution < -0.4 is 10.9 Å². The predicted molar refractivity (Wildman–Crippen MR) is 91.4 cm³/mol. The van der Waals surface area contributed by atoms with Crippen LogP contribution >= 0.6 is 0 Å². The number of nitrogens with one attached hydrogen (secondary N) is 2. The molecule has 0 aliphatic rings. The van der Waals surface area contributed by atoms with Gasteiger partial charge in [0.1, 0.15) is 6.67 Å². The molecule has 8 heteroatoms. The molecule has 0 aliphatic heterocycles. The lowest BCUT2D eigenvalue weighted by molar-refractivity contribution is -0.119. The second-order valence-electron chi connectivity index (χ2n) is 5.36. The maximum atomic E-state index is 12.0. The number of benzene rings is 1. The summed E-state index contributed by atoms with van der Waals surface area (Å²) >= 11 is 0. The van der Waals surface area contributed by atoms with Gasteiger partial charge in [0.15, 0.2) is 0 Å². The molecule has 0 atom stereocenters. The Labute approximate surface area is 142 Å². The summed E-state index contributed by atoms with van der Waals surface area (Å²) in [4.78, 5) is 26.0. The number of H-pyrrole nitrogens is 1. The average molecular weight is 340 g/mol. The highest BCUT2D eigenvalue weighted by Gasteiger charge is 2.11. The molecular weight excluding hydrogens is 324 g/mol. The van der Waals surface area contributed by atoms with Gasteiger partial charge in [-0.1, -0.05) is 29.4 Å². The first kappa shape index (κ1) is 16.3. The van der Waals surface area contributed by atoms with Crippen molar-refractivity contribution in [2.45, 2.75) is 13.6 Å². The zero-order chi connectivity index (χ0) is 17.8. The van der Waals surface area contributed by atoms with E-state index in [1.807, 2.05) is 12.1 Å². The Balaban J connectivity index is 1.86. The lowest BCUT2D eigenvalue weighted by Gasteiger charge is -2.02. The second kappa shape index (κ2) is 6.91. The lowest BCUT2D eigenvalue weighted by Crippen LogP contribution is -2.22. The van der Waals surface area contributed by atoms with Crippen molar-refractivity contribution in [2.24, 2.45) is 5.16 Å². The normalized spacial score (nSPS) is 11.1. The topological polar surface area (TPSA) is 113 Å². The van der Waals surface area contributed by atoms with E-state index in [2.05, 4.69) is 15.5 Å². The lowest BCUT2D eigenvalue weighted by atomic mass is 10.0. The molecule has 128 valence electrons. The molecule has 0 aliphatic carbocycles. The van der Waals surface area contributed by atoms with Crippen LogP contribution in [0.25, 0.3) is 22.4 Å². The van der Waals surface area contributed by atoms with E-state index in [1.54, 1.807) is 30.6 Å². The van der Waals surface area contributed by atoms with Crippen molar-refractivity contribution < 1.29 is 14.5 Å². The van der Waals surface area contributed by atoms with Gasteiger partial charge in [0.2, 0.25) is 5.91 Å². The third kappa shape index (κ3) is 3.52. The van der Waals surface area contributed by atoms with Gasteiger partial charge in [0, 0.05) is 18.7 Å². The molecular formula is C17H16N4O4. The molecule has 0 spiro atoms. The molecule has 0 bridgehead atoms. The summed E-state index contributed by atoms with van der Waals surface area (Å²) in [6.45, 7) is 1.48. The van der Waals surface area contributed by atoms with Gasteiger partial charge in [-0.3, -0.25) is 4.79 Å². The standard InChI is InChI=1S/C17H16N4O4/c1-11(22)19-10-21-9-15(17(23)25-21)12-2-4-13(5-3-12)16-14(8-20-24)6-7-18-16/h2-9,18,24H,10H2,1H3,(H,19,22)/b20-8+. The van der Waals surface area contributed by atoms with Gasteiger partial charge in [-0.25, -0.2) is 4.79 Å². The number of carbonyl (C=O) groups is 1. The molecule has 1 amide bonds. The molecule has 2 aromatic heterocycles. The number of aromatic nitrogens is 2. The number of hydrogen-bond donors (Lipinski definition) is 3. The molecule has 3 N–H and O–H groups in total. The van der Waals surface area contributed by atoms with Gasteiger partial charge in [-0.2, -0.15) is 4.74 Å². The van der Waals surface area contributed by atoms with Crippen molar-refractivity contribution in [1.82, 2.24) is 15.0 Å². The monoisotopic (exact) mass is 340 g/mol. The zero-order valence-corrected chi connectivity index (χ0v) is 13.4. The van der Waals surface area contributed by atoms with Gasteiger partial charge < -0.3 is 20.0 Å². The van der Waals surface area contributed by atoms with E-state index < -0.39 is 5.63 Å². The highest BCUT2D eigenvalue weighted by molar-refractivity contribution is 5.89. The van der Waals surface area contributed by atoms with Crippen LogP contribution in [0.1, 0.15) is 12.5 Å². The average Bonchev–Trinajstić information content (AvgIpc) is 3.20. The van der Waals surface area contributed by atoms with Crippen LogP contribution in [-0.4, -0.2) is 27.1 Å². The molecule has 0 unspecified atom stereocenters. The van der Waals surface area contributed by atoms with Crippen molar-refractivity contribution in [1.29, 1.82) is 0 Å². The highest BCUT2D eigenvalue weighted by atomic mass is 16.5. The van der Waals surface area contributed by atoms with Crippen LogP contribution in [0.3, 0.4) is 0 Å². The third-order valence-electron chi connectivity index (χ3n) is 3.64. The summed E-state index contributed by atoms with van der Waals surface area (Å²) in [5.74, 6) is -0.213. The van der Waals surface area contributed by atoms with Gasteiger partial charge in [0.25, 0.3) is 0 Å². The van der Waals surface area contributed by atoms with Crippen molar-refractivity contribution in [3.63, 3.8) is 0 Å². The highest BCUT2D eigenvalue weighted by Crippen LogP contribution is 2.24. The van der Waals surface area contributed by atoms with Crippen molar-refractivity contribution in [3.05, 3.63) is 58.7 Å². The Morgan fingerprint density at radius 2 is 2.04 bits per heavy atom. The van der Waals surface area contributed by atoms with E-state index in [-0.39, 0.29) is 12.6 Å². The van der Waals surface area contributed by atoms with E-state index in [0.717, 1.165) is 16.8 Å². The summed E-state index contributed by atoms with van der Waals surface area (Å²) in [5, 5.41) is 14.3. The zero-order valence-electron chi connectivity index (χ0n) is 13.4. The molecule has 0 saturated carbocycles. The molecule has 2 heterocycles. The minimum atomic E-state index is -0.480. The maximum absolute atomic E-state index is 12.0. The van der Waals surface area contributed by atoms with Crippen LogP contribution in [0.2, 0.25) is 0 Å². The Morgan fingerprint density at radius 1 is 1.32 bits per heavy atom. The Kier molecular flexibility index (Phi) is 4.51. The van der Waals surface area contributed by atoms with E-state index in [4.69, 9.17) is 9.73 Å². The smallest absolute Gasteiger partial charge is 0.365 e. The number of amides is 1. The Morgan fingerprint density at radius 3 is 2.72 bits per heavy atom. The molecule has 1 aromatic carbocycles. The fraction of sp³-hybridized carbons (Fsp3) is 0.118. The van der Waals surface area contributed by atoms with Crippen LogP contribution in [-0.2, 0) is 11.5 Å². The van der Waals surface area contributed by atoms with Crippen LogP contribution in [0, 0.1) is 0 Å². The number of carbonyl (C=O) groups excluding carboxylic acids is 1. The fourth-order valence-electron chi connectivity index (χ4n) is 2.46. The molecule has 0 radical (unpaired) electrons. The van der Waals surface area contributed by atoms with Gasteiger partial charge in [-0.05, 0) is 17.2 Å². The second-order valence-corrected chi connectivity index (χ2v) is 5.36. The van der Waals surface area contributed by atoms with E-state index in [1.165, 1.54) is 17.9 Å².